The predicted octanol–water partition coefficient (Wildman–Crippen LogP) is 4.42. The fourth-order valence-corrected chi connectivity index (χ4v) is 7.76. The smallest absolute Gasteiger partial charge is 0.281 e. The van der Waals surface area contributed by atoms with Crippen LogP contribution in [0.5, 0.6) is 0 Å². The highest BCUT2D eigenvalue weighted by Gasteiger charge is 2.15. The molecule has 0 saturated heterocycles. The summed E-state index contributed by atoms with van der Waals surface area (Å²) in [7, 11) is 1.95. The lowest BCUT2D eigenvalue weighted by Gasteiger charge is -1.93. The Morgan fingerprint density at radius 1 is 1.43 bits per heavy atom. The van der Waals surface area contributed by atoms with Gasteiger partial charge in [-0.3, -0.25) is 4.57 Å². The maximum atomic E-state index is 10.5. The highest BCUT2D eigenvalue weighted by molar-refractivity contribution is 9.70. The van der Waals surface area contributed by atoms with Gasteiger partial charge in [0.2, 0.25) is 0 Å². The Bertz CT molecular complexity index is 87.7. The number of hydrogen-bond donors (Lipinski definition) is 0. The third-order valence-electron chi connectivity index (χ3n) is 0.165. The predicted molar refractivity (Wildman–Crippen MR) is 46.5 cm³/mol. The first kappa shape index (κ1) is 9.18. The summed E-state index contributed by atoms with van der Waals surface area (Å²) < 4.78 is 10.5. The van der Waals surface area contributed by atoms with Gasteiger partial charge in [-0.1, -0.05) is 0 Å². The molecule has 0 amide bonds. The summed E-state index contributed by atoms with van der Waals surface area (Å²) in [6.07, 6.45) is 0. The normalized spacial score (nSPS) is 11.9. The molecule has 44 valence electrons. The molecule has 0 bridgehead atoms. The third-order valence-corrected chi connectivity index (χ3v) is 17.9. The van der Waals surface area contributed by atoms with Crippen molar-refractivity contribution in [3.05, 3.63) is 0 Å². The van der Waals surface area contributed by atoms with Crippen molar-refractivity contribution >= 4 is 65.4 Å². The maximum absolute atomic E-state index is 10.5. The van der Waals surface area contributed by atoms with Gasteiger partial charge < -0.3 is 0 Å². The van der Waals surface area contributed by atoms with Crippen LogP contribution >= 0.6 is 65.4 Å². The van der Waals surface area contributed by atoms with E-state index in [0.29, 0.717) is 0 Å². The van der Waals surface area contributed by atoms with E-state index in [1.54, 1.807) is 0 Å². The SMILES string of the molecule is O=P(Cl)(SBr)SBr. The van der Waals surface area contributed by atoms with Crippen LogP contribution in [0, 0.1) is 0 Å². The second-order valence-corrected chi connectivity index (χ2v) is 14.2. The third kappa shape index (κ3) is 4.67. The van der Waals surface area contributed by atoms with Crippen LogP contribution in [0.4, 0.5) is 0 Å². The van der Waals surface area contributed by atoms with Crippen molar-refractivity contribution in [2.75, 3.05) is 0 Å². The van der Waals surface area contributed by atoms with Gasteiger partial charge in [0.25, 0.3) is 4.90 Å². The molecule has 0 unspecified atom stereocenters. The van der Waals surface area contributed by atoms with Crippen molar-refractivity contribution in [3.63, 3.8) is 0 Å². The maximum Gasteiger partial charge on any atom is 0.296 e. The Morgan fingerprint density at radius 2 is 1.71 bits per heavy atom. The van der Waals surface area contributed by atoms with Gasteiger partial charge in [0.1, 0.15) is 0 Å². The average molecular weight is 306 g/mol. The van der Waals surface area contributed by atoms with Crippen molar-refractivity contribution in [2.24, 2.45) is 0 Å². The van der Waals surface area contributed by atoms with Crippen molar-refractivity contribution < 1.29 is 4.57 Å². The lowest BCUT2D eigenvalue weighted by atomic mass is 16.0. The van der Waals surface area contributed by atoms with E-state index in [-0.39, 0.29) is 0 Å². The summed E-state index contributed by atoms with van der Waals surface area (Å²) >= 11 is 11.1. The molecule has 0 aliphatic heterocycles. The van der Waals surface area contributed by atoms with Crippen LogP contribution in [0.25, 0.3) is 0 Å². The minimum Gasteiger partial charge on any atom is -0.281 e. The zero-order valence-electron chi connectivity index (χ0n) is 2.81. The summed E-state index contributed by atoms with van der Waals surface area (Å²) in [5.74, 6) is 0. The van der Waals surface area contributed by atoms with E-state index in [1.165, 1.54) is 0 Å². The zero-order valence-corrected chi connectivity index (χ0v) is 9.26. The Hall–Kier alpha value is 2.18. The first-order valence-corrected chi connectivity index (χ1v) is 10.2. The minimum absolute atomic E-state index is 0.977. The summed E-state index contributed by atoms with van der Waals surface area (Å²) in [6.45, 7) is 0. The van der Waals surface area contributed by atoms with E-state index in [0.717, 1.165) is 19.6 Å². The van der Waals surface area contributed by atoms with E-state index in [4.69, 9.17) is 11.2 Å². The van der Waals surface area contributed by atoms with E-state index < -0.39 is 4.90 Å². The molecule has 0 heterocycles. The van der Waals surface area contributed by atoms with E-state index in [9.17, 15) is 4.57 Å². The molecule has 0 N–H and O–H groups in total. The number of hydrogen-bond acceptors (Lipinski definition) is 3. The molecule has 0 radical (unpaired) electrons. The molecule has 0 aromatic rings. The Morgan fingerprint density at radius 3 is 1.71 bits per heavy atom. The van der Waals surface area contributed by atoms with Gasteiger partial charge in [0, 0.05) is 19.6 Å². The second kappa shape index (κ2) is 4.07. The number of halogens is 3. The molecule has 0 aromatic carbocycles. The van der Waals surface area contributed by atoms with Gasteiger partial charge in [-0.05, 0) is 40.9 Å². The highest BCUT2D eigenvalue weighted by atomic mass is 79.9. The molecule has 0 spiro atoms. The molecule has 0 aromatic heterocycles. The lowest BCUT2D eigenvalue weighted by Crippen LogP contribution is -1.34. The molecule has 0 atom stereocenters. The quantitative estimate of drug-likeness (QED) is 0.703. The van der Waals surface area contributed by atoms with Crippen LogP contribution in [0.3, 0.4) is 0 Å². The Balaban J connectivity index is 3.61. The summed E-state index contributed by atoms with van der Waals surface area (Å²) in [4.78, 5) is -2.52. The summed E-state index contributed by atoms with van der Waals surface area (Å²) in [6, 6.07) is 0. The largest absolute Gasteiger partial charge is 0.296 e. The van der Waals surface area contributed by atoms with Crippen molar-refractivity contribution in [3.8, 4) is 0 Å². The van der Waals surface area contributed by atoms with E-state index in [1.807, 2.05) is 0 Å². The second-order valence-electron chi connectivity index (χ2n) is 0.569. The standard InChI is InChI=1S/Br2ClOPS2/c1-6-5(3,4)7-2. The van der Waals surface area contributed by atoms with Crippen molar-refractivity contribution in [1.29, 1.82) is 0 Å². The van der Waals surface area contributed by atoms with Gasteiger partial charge in [-0.2, -0.15) is 0 Å². The Labute approximate surface area is 69.4 Å². The van der Waals surface area contributed by atoms with Crippen LogP contribution in [0.15, 0.2) is 0 Å². The van der Waals surface area contributed by atoms with Crippen LogP contribution in [-0.2, 0) is 4.57 Å². The topological polar surface area (TPSA) is 17.1 Å². The summed E-state index contributed by atoms with van der Waals surface area (Å²) in [5.41, 5.74) is 0. The van der Waals surface area contributed by atoms with Crippen LogP contribution in [0.2, 0.25) is 0 Å². The zero-order chi connectivity index (χ0) is 5.91. The first-order valence-electron chi connectivity index (χ1n) is 1.03. The molecule has 1 nitrogen and oxygen atoms in total. The molecule has 0 aliphatic carbocycles. The molecule has 0 rings (SSSR count). The van der Waals surface area contributed by atoms with E-state index in [2.05, 4.69) is 29.6 Å². The van der Waals surface area contributed by atoms with Gasteiger partial charge in [0.15, 0.2) is 0 Å². The highest BCUT2D eigenvalue weighted by Crippen LogP contribution is 2.77. The fraction of sp³-hybridized carbons (Fsp3) is 0. The van der Waals surface area contributed by atoms with Gasteiger partial charge >= 0.3 is 0 Å². The molecule has 7 heavy (non-hydrogen) atoms. The summed E-state index contributed by atoms with van der Waals surface area (Å²) in [5, 5.41) is 0. The van der Waals surface area contributed by atoms with Gasteiger partial charge in [-0.15, -0.1) is 0 Å². The van der Waals surface area contributed by atoms with Crippen LogP contribution in [0.1, 0.15) is 0 Å². The first-order chi connectivity index (χ1) is 3.12. The van der Waals surface area contributed by atoms with Gasteiger partial charge in [0.05, 0.1) is 0 Å². The fourth-order valence-electron chi connectivity index (χ4n) is 0.0106. The van der Waals surface area contributed by atoms with Crippen molar-refractivity contribution in [2.45, 2.75) is 0 Å². The molecular formula is Br2ClOPS2. The molecule has 0 saturated carbocycles. The number of rotatable bonds is 2. The lowest BCUT2D eigenvalue weighted by molar-refractivity contribution is 0.601. The minimum atomic E-state index is -2.52. The molecule has 0 fully saturated rings. The van der Waals surface area contributed by atoms with Crippen molar-refractivity contribution in [1.82, 2.24) is 0 Å². The van der Waals surface area contributed by atoms with E-state index >= 15 is 0 Å². The Kier molecular flexibility index (Phi) is 5.34. The monoisotopic (exact) mass is 304 g/mol. The van der Waals surface area contributed by atoms with Crippen LogP contribution in [-0.4, -0.2) is 0 Å². The molecule has 7 heteroatoms. The van der Waals surface area contributed by atoms with Crippen LogP contribution < -0.4 is 0 Å². The molecule has 0 aliphatic rings. The van der Waals surface area contributed by atoms with Gasteiger partial charge in [-0.25, -0.2) is 0 Å². The molecular weight excluding hydrogens is 306 g/mol. The average Bonchev–Trinajstić information content (AvgIpc) is 1.68.